The molecule has 2 aromatic heterocycles. The molecule has 0 spiro atoms. The molecular formula is C40H50N2. The van der Waals surface area contributed by atoms with Crippen molar-refractivity contribution >= 4 is 54.1 Å². The summed E-state index contributed by atoms with van der Waals surface area (Å²) in [6, 6.07) is 23.9. The lowest BCUT2D eigenvalue weighted by molar-refractivity contribution is 0.561. The molecule has 0 saturated carbocycles. The molecule has 0 aliphatic rings. The largest absolute Gasteiger partial charge is 0.345 e. The summed E-state index contributed by atoms with van der Waals surface area (Å²) in [5.41, 5.74) is 5.54. The van der Waals surface area contributed by atoms with Gasteiger partial charge in [0.2, 0.25) is 0 Å². The van der Waals surface area contributed by atoms with Crippen molar-refractivity contribution in [2.24, 2.45) is 0 Å². The van der Waals surface area contributed by atoms with E-state index >= 15 is 0 Å². The number of hydrogen-bond donors (Lipinski definition) is 0. The zero-order chi connectivity index (χ0) is 29.1. The number of rotatable bonds is 14. The van der Waals surface area contributed by atoms with Crippen LogP contribution >= 0.6 is 0 Å². The molecule has 0 N–H and O–H groups in total. The summed E-state index contributed by atoms with van der Waals surface area (Å²) in [7, 11) is 0. The van der Waals surface area contributed by atoms with Crippen LogP contribution in [-0.2, 0) is 13.1 Å². The van der Waals surface area contributed by atoms with Crippen molar-refractivity contribution in [3.63, 3.8) is 0 Å². The first-order valence-corrected chi connectivity index (χ1v) is 17.0. The summed E-state index contributed by atoms with van der Waals surface area (Å²) in [6.45, 7) is 11.4. The van der Waals surface area contributed by atoms with E-state index in [4.69, 9.17) is 0 Å². The highest BCUT2D eigenvalue weighted by Crippen LogP contribution is 2.38. The number of unbranched alkanes of at least 4 members (excludes halogenated alkanes) is 10. The van der Waals surface area contributed by atoms with Crippen LogP contribution in [-0.4, -0.2) is 9.13 Å². The average Bonchev–Trinajstić information content (AvgIpc) is 3.51. The predicted octanol–water partition coefficient (Wildman–Crippen LogP) is 12.4. The highest BCUT2D eigenvalue weighted by atomic mass is 15.0. The zero-order valence-corrected chi connectivity index (χ0v) is 26.6. The smallest absolute Gasteiger partial charge is 0.0488 e. The minimum absolute atomic E-state index is 1.12. The second-order valence-electron chi connectivity index (χ2n) is 12.8. The third-order valence-electron chi connectivity index (χ3n) is 9.84. The molecule has 0 aliphatic carbocycles. The first-order valence-electron chi connectivity index (χ1n) is 17.0. The average molecular weight is 559 g/mol. The maximum atomic E-state index is 2.55. The lowest BCUT2D eigenvalue weighted by Gasteiger charge is -2.12. The Morgan fingerprint density at radius 1 is 0.381 bits per heavy atom. The van der Waals surface area contributed by atoms with Gasteiger partial charge in [-0.05, 0) is 83.3 Å². The molecule has 2 nitrogen and oxygen atoms in total. The van der Waals surface area contributed by atoms with E-state index in [-0.39, 0.29) is 0 Å². The minimum atomic E-state index is 1.12. The molecule has 0 aliphatic heterocycles. The Kier molecular flexibility index (Phi) is 8.89. The fraction of sp³-hybridized carbons (Fsp3) is 0.450. The van der Waals surface area contributed by atoms with E-state index in [1.165, 1.54) is 143 Å². The third kappa shape index (κ3) is 5.46. The van der Waals surface area contributed by atoms with E-state index in [0.29, 0.717) is 0 Å². The summed E-state index contributed by atoms with van der Waals surface area (Å²) in [5, 5.41) is 11.0. The molecule has 0 fully saturated rings. The maximum Gasteiger partial charge on any atom is 0.0488 e. The molecular weight excluding hydrogens is 508 g/mol. The van der Waals surface area contributed by atoms with Crippen molar-refractivity contribution in [1.29, 1.82) is 0 Å². The number of benzene rings is 4. The highest BCUT2D eigenvalue weighted by molar-refractivity contribution is 6.24. The molecule has 0 amide bonds. The molecule has 6 rings (SSSR count). The molecule has 6 aromatic rings. The molecule has 2 heterocycles. The van der Waals surface area contributed by atoms with Crippen LogP contribution in [0.1, 0.15) is 102 Å². The van der Waals surface area contributed by atoms with Gasteiger partial charge in [-0.15, -0.1) is 0 Å². The molecule has 220 valence electrons. The van der Waals surface area contributed by atoms with Crippen LogP contribution < -0.4 is 0 Å². The minimum Gasteiger partial charge on any atom is -0.345 e. The first-order chi connectivity index (χ1) is 20.6. The van der Waals surface area contributed by atoms with Crippen LogP contribution in [0.15, 0.2) is 60.7 Å². The van der Waals surface area contributed by atoms with Gasteiger partial charge in [-0.2, -0.15) is 0 Å². The van der Waals surface area contributed by atoms with Gasteiger partial charge in [0.1, 0.15) is 0 Å². The van der Waals surface area contributed by atoms with E-state index in [1.807, 2.05) is 0 Å². The fourth-order valence-electron chi connectivity index (χ4n) is 7.48. The van der Waals surface area contributed by atoms with E-state index < -0.39 is 0 Å². The Balaban J connectivity index is 1.32. The van der Waals surface area contributed by atoms with E-state index in [0.717, 1.165) is 13.1 Å². The van der Waals surface area contributed by atoms with Crippen molar-refractivity contribution < 1.29 is 0 Å². The van der Waals surface area contributed by atoms with E-state index in [9.17, 15) is 0 Å². The van der Waals surface area contributed by atoms with E-state index in [1.54, 1.807) is 0 Å². The van der Waals surface area contributed by atoms with Gasteiger partial charge in [-0.25, -0.2) is 0 Å². The van der Waals surface area contributed by atoms with Gasteiger partial charge < -0.3 is 9.13 Å². The highest BCUT2D eigenvalue weighted by Gasteiger charge is 2.14. The molecule has 0 unspecified atom stereocenters. The Morgan fingerprint density at radius 2 is 0.690 bits per heavy atom. The van der Waals surface area contributed by atoms with Gasteiger partial charge >= 0.3 is 0 Å². The van der Waals surface area contributed by atoms with Crippen molar-refractivity contribution in [1.82, 2.24) is 9.13 Å². The van der Waals surface area contributed by atoms with Crippen molar-refractivity contribution in [3.05, 3.63) is 72.1 Å². The van der Waals surface area contributed by atoms with Crippen molar-refractivity contribution in [2.45, 2.75) is 118 Å². The Hall–Kier alpha value is -3.26. The lowest BCUT2D eigenvalue weighted by Crippen LogP contribution is -2.00. The molecule has 4 aromatic carbocycles. The zero-order valence-electron chi connectivity index (χ0n) is 26.6. The Labute approximate surface area is 252 Å². The lowest BCUT2D eigenvalue weighted by atomic mass is 9.94. The maximum absolute atomic E-state index is 2.55. The van der Waals surface area contributed by atoms with Gasteiger partial charge in [0, 0.05) is 46.3 Å². The van der Waals surface area contributed by atoms with E-state index in [2.05, 4.69) is 97.5 Å². The van der Waals surface area contributed by atoms with Crippen LogP contribution in [0, 0.1) is 13.8 Å². The monoisotopic (exact) mass is 558 g/mol. The first kappa shape index (κ1) is 28.8. The van der Waals surface area contributed by atoms with Crippen molar-refractivity contribution in [3.8, 4) is 0 Å². The number of aromatic nitrogens is 2. The molecule has 0 radical (unpaired) electrons. The summed E-state index contributed by atoms with van der Waals surface area (Å²) >= 11 is 0. The standard InChI is InChI=1S/C40H50N2/c1-5-7-9-11-13-15-25-41-29(3)27-37-35-19-17-32-31(33(35)21-23-39(37)41)18-20-36-34(32)22-24-40-38(36)28-30(4)42(40)26-16-14-12-10-8-6-2/h17-24,27-28H,5-16,25-26H2,1-4H3. The topological polar surface area (TPSA) is 9.86 Å². The van der Waals surface area contributed by atoms with Gasteiger partial charge in [0.05, 0.1) is 0 Å². The Bertz CT molecular complexity index is 1690. The number of nitrogens with zero attached hydrogens (tertiary/aromatic N) is 2. The summed E-state index contributed by atoms with van der Waals surface area (Å²) < 4.78 is 5.10. The summed E-state index contributed by atoms with van der Waals surface area (Å²) in [4.78, 5) is 0. The van der Waals surface area contributed by atoms with Crippen LogP contribution in [0.4, 0.5) is 0 Å². The molecule has 0 atom stereocenters. The van der Waals surface area contributed by atoms with Crippen molar-refractivity contribution in [2.75, 3.05) is 0 Å². The predicted molar refractivity (Wildman–Crippen MR) is 186 cm³/mol. The second-order valence-corrected chi connectivity index (χ2v) is 12.8. The molecule has 42 heavy (non-hydrogen) atoms. The van der Waals surface area contributed by atoms with Gasteiger partial charge in [0.25, 0.3) is 0 Å². The normalized spacial score (nSPS) is 12.2. The quantitative estimate of drug-likeness (QED) is 0.0929. The third-order valence-corrected chi connectivity index (χ3v) is 9.84. The van der Waals surface area contributed by atoms with Gasteiger partial charge in [-0.1, -0.05) is 114 Å². The fourth-order valence-corrected chi connectivity index (χ4v) is 7.48. The summed E-state index contributed by atoms with van der Waals surface area (Å²) in [6.07, 6.45) is 16.1. The number of hydrogen-bond acceptors (Lipinski definition) is 0. The summed E-state index contributed by atoms with van der Waals surface area (Å²) in [5.74, 6) is 0. The molecule has 0 bridgehead atoms. The van der Waals surface area contributed by atoms with Crippen LogP contribution in [0.2, 0.25) is 0 Å². The van der Waals surface area contributed by atoms with Crippen LogP contribution in [0.3, 0.4) is 0 Å². The SMILES string of the molecule is CCCCCCCCn1c(C)cc2c3ccc4c(ccc5c4ccc4c5cc(C)n4CCCCCCCC)c3ccc21. The molecule has 2 heteroatoms. The van der Waals surface area contributed by atoms with Gasteiger partial charge in [-0.3, -0.25) is 0 Å². The van der Waals surface area contributed by atoms with Gasteiger partial charge in [0.15, 0.2) is 0 Å². The number of fused-ring (bicyclic) bond motifs is 9. The van der Waals surface area contributed by atoms with Crippen LogP contribution in [0.5, 0.6) is 0 Å². The number of aryl methyl sites for hydroxylation is 4. The second kappa shape index (κ2) is 12.9. The molecule has 0 saturated heterocycles. The Morgan fingerprint density at radius 3 is 1.07 bits per heavy atom. The van der Waals surface area contributed by atoms with Crippen LogP contribution in [0.25, 0.3) is 54.1 Å².